The van der Waals surface area contributed by atoms with Crippen LogP contribution >= 0.6 is 0 Å². The van der Waals surface area contributed by atoms with Crippen molar-refractivity contribution in [2.45, 2.75) is 19.9 Å². The molecule has 1 heterocycles. The summed E-state index contributed by atoms with van der Waals surface area (Å²) >= 11 is 0. The molecule has 3 N–H and O–H groups in total. The zero-order chi connectivity index (χ0) is 14.7. The zero-order valence-electron chi connectivity index (χ0n) is 11.8. The highest BCUT2D eigenvalue weighted by Gasteiger charge is 2.23. The summed E-state index contributed by atoms with van der Waals surface area (Å²) in [6, 6.07) is 4.53. The van der Waals surface area contributed by atoms with E-state index in [4.69, 9.17) is 0 Å². The molecule has 0 aliphatic carbocycles. The minimum absolute atomic E-state index is 0.0558. The van der Waals surface area contributed by atoms with Gasteiger partial charge in [-0.15, -0.1) is 0 Å². The van der Waals surface area contributed by atoms with Crippen molar-refractivity contribution in [1.29, 1.82) is 0 Å². The van der Waals surface area contributed by atoms with Crippen LogP contribution < -0.4 is 10.2 Å². The Morgan fingerprint density at radius 1 is 1.20 bits per heavy atom. The van der Waals surface area contributed by atoms with E-state index in [0.717, 1.165) is 0 Å². The van der Waals surface area contributed by atoms with Crippen molar-refractivity contribution in [3.8, 4) is 11.5 Å². The predicted molar refractivity (Wildman–Crippen MR) is 77.2 cm³/mol. The fourth-order valence-electron chi connectivity index (χ4n) is 2.25. The molecule has 2 amide bonds. The third-order valence-electron chi connectivity index (χ3n) is 3.28. The maximum absolute atomic E-state index is 11.9. The van der Waals surface area contributed by atoms with Gasteiger partial charge in [0, 0.05) is 38.3 Å². The maximum atomic E-state index is 11.9. The van der Waals surface area contributed by atoms with Crippen LogP contribution in [0.1, 0.15) is 13.8 Å². The van der Waals surface area contributed by atoms with Crippen molar-refractivity contribution < 1.29 is 15.0 Å². The highest BCUT2D eigenvalue weighted by Crippen LogP contribution is 2.31. The Hall–Kier alpha value is -2.11. The molecule has 1 saturated heterocycles. The number of carbonyl (C=O) groups excluding carboxylic acids is 1. The number of anilines is 1. The van der Waals surface area contributed by atoms with E-state index in [1.54, 1.807) is 11.0 Å². The predicted octanol–water partition coefficient (Wildman–Crippen LogP) is 1.34. The van der Waals surface area contributed by atoms with Crippen LogP contribution in [0.2, 0.25) is 0 Å². The van der Waals surface area contributed by atoms with Gasteiger partial charge in [0.15, 0.2) is 0 Å². The molecule has 1 aliphatic heterocycles. The zero-order valence-corrected chi connectivity index (χ0v) is 11.8. The summed E-state index contributed by atoms with van der Waals surface area (Å²) in [4.78, 5) is 15.6. The van der Waals surface area contributed by atoms with E-state index in [9.17, 15) is 15.0 Å². The standard InChI is InChI=1S/C14H21N3O3/c1-10(2)15-14(20)17-7-5-16(6-8-17)12-9-11(18)3-4-13(12)19/h3-4,9-10,18-19H,5-8H2,1-2H3,(H,15,20). The second-order valence-corrected chi connectivity index (χ2v) is 5.25. The van der Waals surface area contributed by atoms with Gasteiger partial charge in [-0.05, 0) is 26.0 Å². The number of hydrogen-bond donors (Lipinski definition) is 3. The van der Waals surface area contributed by atoms with E-state index in [2.05, 4.69) is 5.32 Å². The van der Waals surface area contributed by atoms with Crippen molar-refractivity contribution in [3.63, 3.8) is 0 Å². The van der Waals surface area contributed by atoms with Gasteiger partial charge in [0.2, 0.25) is 0 Å². The van der Waals surface area contributed by atoms with Crippen molar-refractivity contribution in [3.05, 3.63) is 18.2 Å². The Kier molecular flexibility index (Phi) is 4.22. The molecular formula is C14H21N3O3. The van der Waals surface area contributed by atoms with Gasteiger partial charge < -0.3 is 25.3 Å². The molecule has 0 atom stereocenters. The Bertz CT molecular complexity index is 483. The fourth-order valence-corrected chi connectivity index (χ4v) is 2.25. The summed E-state index contributed by atoms with van der Waals surface area (Å²) < 4.78 is 0. The Balaban J connectivity index is 1.97. The van der Waals surface area contributed by atoms with Gasteiger partial charge in [0.25, 0.3) is 0 Å². The van der Waals surface area contributed by atoms with Crippen molar-refractivity contribution in [1.82, 2.24) is 10.2 Å². The Labute approximate surface area is 118 Å². The number of rotatable bonds is 2. The third kappa shape index (κ3) is 3.26. The molecule has 0 bridgehead atoms. The number of nitrogens with zero attached hydrogens (tertiary/aromatic N) is 2. The van der Waals surface area contributed by atoms with Gasteiger partial charge >= 0.3 is 6.03 Å². The van der Waals surface area contributed by atoms with Gasteiger partial charge in [-0.25, -0.2) is 4.79 Å². The summed E-state index contributed by atoms with van der Waals surface area (Å²) in [6.07, 6.45) is 0. The smallest absolute Gasteiger partial charge is 0.317 e. The van der Waals surface area contributed by atoms with Crippen LogP contribution in [0, 0.1) is 0 Å². The molecule has 110 valence electrons. The minimum Gasteiger partial charge on any atom is -0.508 e. The van der Waals surface area contributed by atoms with Crippen LogP contribution in [0.5, 0.6) is 11.5 Å². The van der Waals surface area contributed by atoms with Crippen molar-refractivity contribution in [2.24, 2.45) is 0 Å². The molecule has 0 unspecified atom stereocenters. The van der Waals surface area contributed by atoms with Crippen molar-refractivity contribution in [2.75, 3.05) is 31.1 Å². The molecule has 1 aromatic carbocycles. The summed E-state index contributed by atoms with van der Waals surface area (Å²) in [5.41, 5.74) is 0.605. The molecular weight excluding hydrogens is 258 g/mol. The average molecular weight is 279 g/mol. The monoisotopic (exact) mass is 279 g/mol. The molecule has 6 nitrogen and oxygen atoms in total. The lowest BCUT2D eigenvalue weighted by atomic mass is 10.2. The van der Waals surface area contributed by atoms with Crippen LogP contribution in [-0.2, 0) is 0 Å². The van der Waals surface area contributed by atoms with Crippen molar-refractivity contribution >= 4 is 11.7 Å². The summed E-state index contributed by atoms with van der Waals surface area (Å²) in [6.45, 7) is 6.30. The Morgan fingerprint density at radius 2 is 1.85 bits per heavy atom. The average Bonchev–Trinajstić information content (AvgIpc) is 2.41. The first kappa shape index (κ1) is 14.3. The lowest BCUT2D eigenvalue weighted by Crippen LogP contribution is -2.52. The Morgan fingerprint density at radius 3 is 2.45 bits per heavy atom. The number of carbonyl (C=O) groups is 1. The molecule has 20 heavy (non-hydrogen) atoms. The molecule has 0 aromatic heterocycles. The number of urea groups is 1. The molecule has 6 heteroatoms. The lowest BCUT2D eigenvalue weighted by molar-refractivity contribution is 0.192. The lowest BCUT2D eigenvalue weighted by Gasteiger charge is -2.36. The SMILES string of the molecule is CC(C)NC(=O)N1CCN(c2cc(O)ccc2O)CC1. The second kappa shape index (κ2) is 5.90. The number of hydrogen-bond acceptors (Lipinski definition) is 4. The summed E-state index contributed by atoms with van der Waals surface area (Å²) in [7, 11) is 0. The van der Waals surface area contributed by atoms with Gasteiger partial charge in [-0.2, -0.15) is 0 Å². The molecule has 0 spiro atoms. The third-order valence-corrected chi connectivity index (χ3v) is 3.28. The van der Waals surface area contributed by atoms with Crippen LogP contribution in [0.25, 0.3) is 0 Å². The van der Waals surface area contributed by atoms with Gasteiger partial charge in [0.1, 0.15) is 11.5 Å². The van der Waals surface area contributed by atoms with Crippen LogP contribution in [0.4, 0.5) is 10.5 Å². The van der Waals surface area contributed by atoms with Gasteiger partial charge in [-0.3, -0.25) is 0 Å². The first-order chi connectivity index (χ1) is 9.47. The molecule has 0 saturated carbocycles. The number of piperazine rings is 1. The van der Waals surface area contributed by atoms with E-state index in [-0.39, 0.29) is 23.6 Å². The highest BCUT2D eigenvalue weighted by atomic mass is 16.3. The van der Waals surface area contributed by atoms with E-state index in [1.807, 2.05) is 18.7 Å². The number of nitrogens with one attached hydrogen (secondary N) is 1. The number of benzene rings is 1. The number of phenols is 2. The first-order valence-electron chi connectivity index (χ1n) is 6.79. The quantitative estimate of drug-likeness (QED) is 0.714. The first-order valence-corrected chi connectivity index (χ1v) is 6.79. The van der Waals surface area contributed by atoms with Crippen LogP contribution in [-0.4, -0.2) is 53.4 Å². The van der Waals surface area contributed by atoms with Crippen LogP contribution in [0.15, 0.2) is 18.2 Å². The second-order valence-electron chi connectivity index (χ2n) is 5.25. The number of phenolic OH excluding ortho intramolecular Hbond substituents is 2. The molecule has 0 radical (unpaired) electrons. The fraction of sp³-hybridized carbons (Fsp3) is 0.500. The van der Waals surface area contributed by atoms with E-state index < -0.39 is 0 Å². The van der Waals surface area contributed by atoms with Gasteiger partial charge in [0.05, 0.1) is 5.69 Å². The number of amides is 2. The van der Waals surface area contributed by atoms with Crippen LogP contribution in [0.3, 0.4) is 0 Å². The largest absolute Gasteiger partial charge is 0.508 e. The normalized spacial score (nSPS) is 15.6. The maximum Gasteiger partial charge on any atom is 0.317 e. The minimum atomic E-state index is -0.0558. The van der Waals surface area contributed by atoms with E-state index in [0.29, 0.717) is 31.9 Å². The van der Waals surface area contributed by atoms with Gasteiger partial charge in [-0.1, -0.05) is 0 Å². The summed E-state index contributed by atoms with van der Waals surface area (Å²) in [5, 5.41) is 22.2. The molecule has 2 rings (SSSR count). The highest BCUT2D eigenvalue weighted by molar-refractivity contribution is 5.75. The molecule has 1 fully saturated rings. The molecule has 1 aliphatic rings. The van der Waals surface area contributed by atoms with E-state index in [1.165, 1.54) is 12.1 Å². The van der Waals surface area contributed by atoms with E-state index >= 15 is 0 Å². The topological polar surface area (TPSA) is 76.0 Å². The number of aromatic hydroxyl groups is 2. The summed E-state index contributed by atoms with van der Waals surface area (Å²) in [5.74, 6) is 0.265. The molecule has 1 aromatic rings.